The summed E-state index contributed by atoms with van der Waals surface area (Å²) in [6, 6.07) is 14.8. The molecule has 0 saturated carbocycles. The molecule has 0 aliphatic rings. The minimum atomic E-state index is -0.346. The molecule has 116 valence electrons. The number of phenols is 1. The highest BCUT2D eigenvalue weighted by atomic mass is 16.3. The molecule has 0 saturated heterocycles. The van der Waals surface area contributed by atoms with E-state index in [1.165, 1.54) is 12.1 Å². The molecule has 3 N–H and O–H groups in total. The Kier molecular flexibility index (Phi) is 5.31. The lowest BCUT2D eigenvalue weighted by molar-refractivity contribution is -0.120. The molecule has 0 bridgehead atoms. The molecule has 0 atom stereocenters. The number of aromatic hydroxyl groups is 1. The van der Waals surface area contributed by atoms with Crippen molar-refractivity contribution in [1.29, 1.82) is 5.26 Å². The van der Waals surface area contributed by atoms with E-state index in [2.05, 4.69) is 10.6 Å². The maximum atomic E-state index is 12.1. The van der Waals surface area contributed by atoms with E-state index in [0.717, 1.165) is 5.56 Å². The van der Waals surface area contributed by atoms with E-state index < -0.39 is 0 Å². The number of hydrogen-bond donors (Lipinski definition) is 3. The minimum Gasteiger partial charge on any atom is -0.508 e. The van der Waals surface area contributed by atoms with Gasteiger partial charge >= 0.3 is 0 Å². The fourth-order valence-corrected chi connectivity index (χ4v) is 1.94. The third-order valence-electron chi connectivity index (χ3n) is 3.02. The van der Waals surface area contributed by atoms with Gasteiger partial charge in [-0.05, 0) is 35.9 Å². The van der Waals surface area contributed by atoms with Crippen molar-refractivity contribution in [3.8, 4) is 11.8 Å². The first-order chi connectivity index (χ1) is 11.1. The predicted octanol–water partition coefficient (Wildman–Crippen LogP) is 2.17. The molecule has 0 radical (unpaired) electrons. The van der Waals surface area contributed by atoms with Gasteiger partial charge in [-0.15, -0.1) is 0 Å². The van der Waals surface area contributed by atoms with Crippen molar-refractivity contribution < 1.29 is 14.7 Å². The quantitative estimate of drug-likeness (QED) is 0.787. The van der Waals surface area contributed by atoms with E-state index in [9.17, 15) is 14.7 Å². The number of hydrogen-bond acceptors (Lipinski definition) is 4. The second-order valence-electron chi connectivity index (χ2n) is 4.82. The summed E-state index contributed by atoms with van der Waals surface area (Å²) in [7, 11) is 0. The molecular formula is C17H15N3O3. The molecule has 0 unspecified atom stereocenters. The lowest BCUT2D eigenvalue weighted by Gasteiger charge is -2.08. The lowest BCUT2D eigenvalue weighted by Crippen LogP contribution is -2.21. The van der Waals surface area contributed by atoms with Crippen LogP contribution in [0.15, 0.2) is 48.5 Å². The summed E-state index contributed by atoms with van der Waals surface area (Å²) in [6.07, 6.45) is -0.187. The Hall–Kier alpha value is -3.33. The molecule has 0 fully saturated rings. The van der Waals surface area contributed by atoms with Crippen LogP contribution in [0.25, 0.3) is 0 Å². The zero-order chi connectivity index (χ0) is 16.7. The molecule has 2 aromatic rings. The van der Waals surface area contributed by atoms with Crippen LogP contribution in [-0.4, -0.2) is 16.9 Å². The second kappa shape index (κ2) is 7.61. The van der Waals surface area contributed by atoms with Crippen molar-refractivity contribution >= 4 is 17.5 Å². The Morgan fingerprint density at radius 3 is 2.65 bits per heavy atom. The lowest BCUT2D eigenvalue weighted by atomic mass is 10.1. The van der Waals surface area contributed by atoms with Crippen LogP contribution in [0.4, 0.5) is 5.69 Å². The van der Waals surface area contributed by atoms with E-state index in [0.29, 0.717) is 11.3 Å². The smallest absolute Gasteiger partial charge is 0.255 e. The SMILES string of the molecule is N#CCC(=O)NCc1cccc(NC(=O)c2cccc(O)c2)c1. The number of carbonyl (C=O) groups excluding carboxylic acids is 2. The van der Waals surface area contributed by atoms with Crippen LogP contribution in [0.5, 0.6) is 5.75 Å². The van der Waals surface area contributed by atoms with E-state index in [4.69, 9.17) is 5.26 Å². The number of anilines is 1. The summed E-state index contributed by atoms with van der Waals surface area (Å²) >= 11 is 0. The van der Waals surface area contributed by atoms with Crippen molar-refractivity contribution in [2.75, 3.05) is 5.32 Å². The van der Waals surface area contributed by atoms with E-state index >= 15 is 0 Å². The van der Waals surface area contributed by atoms with Gasteiger partial charge in [0.15, 0.2) is 0 Å². The van der Waals surface area contributed by atoms with E-state index in [-0.39, 0.29) is 30.5 Å². The molecule has 23 heavy (non-hydrogen) atoms. The second-order valence-corrected chi connectivity index (χ2v) is 4.82. The fraction of sp³-hybridized carbons (Fsp3) is 0.118. The van der Waals surface area contributed by atoms with Gasteiger partial charge in [-0.2, -0.15) is 5.26 Å². The molecule has 2 rings (SSSR count). The molecule has 6 heteroatoms. The summed E-state index contributed by atoms with van der Waals surface area (Å²) in [5.74, 6) is -0.667. The first-order valence-electron chi connectivity index (χ1n) is 6.91. The average molecular weight is 309 g/mol. The van der Waals surface area contributed by atoms with Gasteiger partial charge in [0.2, 0.25) is 5.91 Å². The van der Waals surface area contributed by atoms with Crippen molar-refractivity contribution in [1.82, 2.24) is 5.32 Å². The highest BCUT2D eigenvalue weighted by molar-refractivity contribution is 6.04. The Morgan fingerprint density at radius 2 is 1.91 bits per heavy atom. The summed E-state index contributed by atoms with van der Waals surface area (Å²) in [6.45, 7) is 0.274. The number of benzene rings is 2. The molecule has 0 aromatic heterocycles. The van der Waals surface area contributed by atoms with Crippen molar-refractivity contribution in [2.45, 2.75) is 13.0 Å². The average Bonchev–Trinajstić information content (AvgIpc) is 2.53. The van der Waals surface area contributed by atoms with Gasteiger partial charge < -0.3 is 15.7 Å². The monoisotopic (exact) mass is 309 g/mol. The molecule has 2 aromatic carbocycles. The normalized spacial score (nSPS) is 9.70. The standard InChI is InChI=1S/C17H15N3O3/c18-8-7-16(22)19-11-12-3-1-5-14(9-12)20-17(23)13-4-2-6-15(21)10-13/h1-6,9-10,21H,7,11H2,(H,19,22)(H,20,23). The van der Waals surface area contributed by atoms with Crippen molar-refractivity contribution in [3.05, 3.63) is 59.7 Å². The van der Waals surface area contributed by atoms with Crippen LogP contribution >= 0.6 is 0 Å². The first kappa shape index (κ1) is 16.0. The molecule has 0 spiro atoms. The van der Waals surface area contributed by atoms with E-state index in [1.54, 1.807) is 42.5 Å². The molecule has 0 heterocycles. The third-order valence-corrected chi connectivity index (χ3v) is 3.02. The highest BCUT2D eigenvalue weighted by Gasteiger charge is 2.07. The largest absolute Gasteiger partial charge is 0.508 e. The van der Waals surface area contributed by atoms with Crippen LogP contribution < -0.4 is 10.6 Å². The first-order valence-corrected chi connectivity index (χ1v) is 6.91. The van der Waals surface area contributed by atoms with Crippen LogP contribution in [-0.2, 0) is 11.3 Å². The molecule has 2 amide bonds. The Balaban J connectivity index is 2.01. The molecule has 6 nitrogen and oxygen atoms in total. The zero-order valence-electron chi connectivity index (χ0n) is 12.2. The van der Waals surface area contributed by atoms with Crippen molar-refractivity contribution in [3.63, 3.8) is 0 Å². The number of rotatable bonds is 5. The number of phenolic OH excluding ortho intramolecular Hbond substituents is 1. The Labute approximate surface area is 133 Å². The summed E-state index contributed by atoms with van der Waals surface area (Å²) in [5.41, 5.74) is 1.72. The number of nitrogens with zero attached hydrogens (tertiary/aromatic N) is 1. The van der Waals surface area contributed by atoms with Gasteiger partial charge in [-0.3, -0.25) is 9.59 Å². The van der Waals surface area contributed by atoms with Gasteiger partial charge in [-0.1, -0.05) is 18.2 Å². The number of nitriles is 1. The minimum absolute atomic E-state index is 0.0200. The molecular weight excluding hydrogens is 294 g/mol. The molecule has 0 aliphatic heterocycles. The van der Waals surface area contributed by atoms with Crippen LogP contribution in [0.1, 0.15) is 22.3 Å². The molecule has 0 aliphatic carbocycles. The number of amides is 2. The highest BCUT2D eigenvalue weighted by Crippen LogP contribution is 2.15. The van der Waals surface area contributed by atoms with Gasteiger partial charge in [0.05, 0.1) is 6.07 Å². The van der Waals surface area contributed by atoms with Gasteiger partial charge in [0.1, 0.15) is 12.2 Å². The van der Waals surface area contributed by atoms with Crippen molar-refractivity contribution in [2.24, 2.45) is 0 Å². The maximum absolute atomic E-state index is 12.1. The van der Waals surface area contributed by atoms with Gasteiger partial charge in [0, 0.05) is 17.8 Å². The Bertz CT molecular complexity index is 766. The predicted molar refractivity (Wildman–Crippen MR) is 84.6 cm³/mol. The summed E-state index contributed by atoms with van der Waals surface area (Å²) in [5, 5.41) is 23.2. The zero-order valence-corrected chi connectivity index (χ0v) is 12.2. The van der Waals surface area contributed by atoms with Gasteiger partial charge in [0.25, 0.3) is 5.91 Å². The topological polar surface area (TPSA) is 102 Å². The number of nitrogens with one attached hydrogen (secondary N) is 2. The van der Waals surface area contributed by atoms with Crippen LogP contribution in [0.2, 0.25) is 0 Å². The van der Waals surface area contributed by atoms with Gasteiger partial charge in [-0.25, -0.2) is 0 Å². The fourth-order valence-electron chi connectivity index (χ4n) is 1.94. The van der Waals surface area contributed by atoms with Crippen LogP contribution in [0, 0.1) is 11.3 Å². The van der Waals surface area contributed by atoms with Crippen LogP contribution in [0.3, 0.4) is 0 Å². The van der Waals surface area contributed by atoms with E-state index in [1.807, 2.05) is 0 Å². The summed E-state index contributed by atoms with van der Waals surface area (Å²) < 4.78 is 0. The summed E-state index contributed by atoms with van der Waals surface area (Å²) in [4.78, 5) is 23.4. The Morgan fingerprint density at radius 1 is 1.13 bits per heavy atom. The number of carbonyl (C=O) groups is 2. The third kappa shape index (κ3) is 4.86. The maximum Gasteiger partial charge on any atom is 0.255 e.